The summed E-state index contributed by atoms with van der Waals surface area (Å²) in [4.78, 5) is 21.1. The fraction of sp³-hybridized carbons (Fsp3) is 0.750. The third kappa shape index (κ3) is 7.89. The van der Waals surface area contributed by atoms with E-state index in [0.717, 1.165) is 17.8 Å². The van der Waals surface area contributed by atoms with Gasteiger partial charge < -0.3 is 4.74 Å². The van der Waals surface area contributed by atoms with Crippen LogP contribution in [0.15, 0.2) is 21.6 Å². The lowest BCUT2D eigenvalue weighted by Crippen LogP contribution is -2.33. The molecule has 0 bridgehead atoms. The normalized spacial score (nSPS) is 15.9. The van der Waals surface area contributed by atoms with Crippen LogP contribution in [0.25, 0.3) is 0 Å². The molecule has 0 aromatic heterocycles. The Bertz CT molecular complexity index is 506. The summed E-state index contributed by atoms with van der Waals surface area (Å²) in [7, 11) is 1.81. The van der Waals surface area contributed by atoms with Gasteiger partial charge in [0, 0.05) is 18.7 Å². The Morgan fingerprint density at radius 3 is 2.04 bits per heavy atom. The Morgan fingerprint density at radius 2 is 1.71 bits per heavy atom. The molecule has 0 aliphatic carbocycles. The molecule has 0 fully saturated rings. The molecule has 0 rings (SSSR count). The van der Waals surface area contributed by atoms with Gasteiger partial charge in [0.2, 0.25) is 0 Å². The van der Waals surface area contributed by atoms with E-state index in [-0.39, 0.29) is 11.8 Å². The average molecular weight is 337 g/mol. The third-order valence-electron chi connectivity index (χ3n) is 3.72. The third-order valence-corrected chi connectivity index (χ3v) is 3.72. The Balaban J connectivity index is 6.04. The van der Waals surface area contributed by atoms with E-state index in [0.29, 0.717) is 5.92 Å². The van der Waals surface area contributed by atoms with Crippen molar-refractivity contribution in [2.24, 2.45) is 27.7 Å². The lowest BCUT2D eigenvalue weighted by Gasteiger charge is -2.26. The highest BCUT2D eigenvalue weighted by Gasteiger charge is 2.27. The summed E-state index contributed by atoms with van der Waals surface area (Å²) >= 11 is 0. The molecule has 4 heteroatoms. The average Bonchev–Trinajstić information content (AvgIpc) is 2.40. The van der Waals surface area contributed by atoms with E-state index in [4.69, 9.17) is 4.74 Å². The van der Waals surface area contributed by atoms with Crippen molar-refractivity contribution in [3.8, 4) is 0 Å². The Morgan fingerprint density at radius 1 is 1.17 bits per heavy atom. The van der Waals surface area contributed by atoms with Crippen LogP contribution in [0.1, 0.15) is 68.7 Å². The number of aliphatic imine (C=N–C) groups is 2. The molecule has 0 saturated carbocycles. The first-order valence-corrected chi connectivity index (χ1v) is 8.88. The minimum atomic E-state index is -0.553. The summed E-state index contributed by atoms with van der Waals surface area (Å²) in [6.07, 6.45) is 2.39. The summed E-state index contributed by atoms with van der Waals surface area (Å²) in [5.74, 6) is 0.582. The predicted octanol–water partition coefficient (Wildman–Crippen LogP) is 5.72. The van der Waals surface area contributed by atoms with Crippen molar-refractivity contribution < 1.29 is 9.53 Å². The van der Waals surface area contributed by atoms with Gasteiger partial charge in [-0.1, -0.05) is 40.2 Å². The topological polar surface area (TPSA) is 51.0 Å². The maximum atomic E-state index is 12.3. The molecule has 1 unspecified atom stereocenters. The van der Waals surface area contributed by atoms with Crippen LogP contribution in [0.4, 0.5) is 4.79 Å². The molecule has 24 heavy (non-hydrogen) atoms. The molecule has 0 heterocycles. The zero-order valence-electron chi connectivity index (χ0n) is 17.2. The number of nitrogens with zero attached hydrogens (tertiary/aromatic N) is 2. The molecule has 0 N–H and O–H groups in total. The highest BCUT2D eigenvalue weighted by Crippen LogP contribution is 2.23. The Labute approximate surface area is 148 Å². The lowest BCUT2D eigenvalue weighted by molar-refractivity contribution is 0.0604. The molecule has 0 aromatic rings. The van der Waals surface area contributed by atoms with Crippen LogP contribution in [-0.2, 0) is 4.74 Å². The SMILES string of the molecule is CCC(C)=CC(=NC(=O)OC(C)(C)C)C(C(=NC)C(C)C)C(C)C. The number of ether oxygens (including phenoxy) is 1. The Hall–Kier alpha value is -1.45. The van der Waals surface area contributed by atoms with E-state index in [1.165, 1.54) is 5.57 Å². The van der Waals surface area contributed by atoms with Crippen molar-refractivity contribution in [1.82, 2.24) is 0 Å². The van der Waals surface area contributed by atoms with Crippen molar-refractivity contribution in [2.75, 3.05) is 7.05 Å². The van der Waals surface area contributed by atoms with Gasteiger partial charge in [0.15, 0.2) is 0 Å². The highest BCUT2D eigenvalue weighted by molar-refractivity contribution is 6.15. The van der Waals surface area contributed by atoms with Crippen molar-refractivity contribution in [1.29, 1.82) is 0 Å². The van der Waals surface area contributed by atoms with Crippen LogP contribution in [0, 0.1) is 17.8 Å². The molecule has 0 saturated heterocycles. The van der Waals surface area contributed by atoms with E-state index in [2.05, 4.69) is 51.5 Å². The molecule has 0 spiro atoms. The molecule has 1 amide bonds. The van der Waals surface area contributed by atoms with Crippen LogP contribution < -0.4 is 0 Å². The predicted molar refractivity (Wildman–Crippen MR) is 104 cm³/mol. The minimum absolute atomic E-state index is 0.00372. The second-order valence-corrected chi connectivity index (χ2v) is 7.89. The van der Waals surface area contributed by atoms with Crippen molar-refractivity contribution in [2.45, 2.75) is 74.3 Å². The molecule has 0 radical (unpaired) electrons. The summed E-state index contributed by atoms with van der Waals surface area (Å²) < 4.78 is 5.39. The largest absolute Gasteiger partial charge is 0.442 e. The Kier molecular flexibility index (Phi) is 9.16. The monoisotopic (exact) mass is 336 g/mol. The van der Waals surface area contributed by atoms with Gasteiger partial charge in [0.25, 0.3) is 0 Å². The van der Waals surface area contributed by atoms with Gasteiger partial charge in [-0.3, -0.25) is 4.99 Å². The summed E-state index contributed by atoms with van der Waals surface area (Å²) in [5.41, 5.74) is 2.44. The lowest BCUT2D eigenvalue weighted by atomic mass is 9.81. The van der Waals surface area contributed by atoms with E-state index < -0.39 is 11.7 Å². The summed E-state index contributed by atoms with van der Waals surface area (Å²) in [6.45, 7) is 18.2. The fourth-order valence-corrected chi connectivity index (χ4v) is 2.53. The number of carbonyl (C=O) groups is 1. The van der Waals surface area contributed by atoms with Crippen LogP contribution in [0.5, 0.6) is 0 Å². The summed E-state index contributed by atoms with van der Waals surface area (Å²) in [6, 6.07) is 0. The molecule has 0 aromatic carbocycles. The number of rotatable bonds is 6. The first-order chi connectivity index (χ1) is 10.9. The molecule has 4 nitrogen and oxygen atoms in total. The molecular formula is C20H36N2O2. The van der Waals surface area contributed by atoms with Crippen LogP contribution in [0.2, 0.25) is 0 Å². The second-order valence-electron chi connectivity index (χ2n) is 7.89. The maximum Gasteiger partial charge on any atom is 0.434 e. The molecular weight excluding hydrogens is 300 g/mol. The van der Waals surface area contributed by atoms with Crippen molar-refractivity contribution in [3.05, 3.63) is 11.6 Å². The van der Waals surface area contributed by atoms with Crippen molar-refractivity contribution >= 4 is 17.5 Å². The zero-order chi connectivity index (χ0) is 19.1. The standard InChI is InChI=1S/C20H36N2O2/c1-11-15(6)12-16(22-19(23)24-20(7,8)9)17(13(2)3)18(21-10)14(4)5/h12-14,17H,11H2,1-10H3. The first-order valence-electron chi connectivity index (χ1n) is 8.88. The summed E-state index contributed by atoms with van der Waals surface area (Å²) in [5, 5.41) is 0. The maximum absolute atomic E-state index is 12.3. The molecule has 0 aliphatic heterocycles. The van der Waals surface area contributed by atoms with Gasteiger partial charge in [-0.05, 0) is 52.0 Å². The van der Waals surface area contributed by atoms with E-state index in [1.807, 2.05) is 33.9 Å². The number of hydrogen-bond acceptors (Lipinski definition) is 3. The molecule has 1 atom stereocenters. The minimum Gasteiger partial charge on any atom is -0.442 e. The fourth-order valence-electron chi connectivity index (χ4n) is 2.53. The van der Waals surface area contributed by atoms with E-state index >= 15 is 0 Å². The van der Waals surface area contributed by atoms with Crippen LogP contribution in [0.3, 0.4) is 0 Å². The van der Waals surface area contributed by atoms with Gasteiger partial charge in [-0.25, -0.2) is 4.79 Å². The van der Waals surface area contributed by atoms with Gasteiger partial charge in [0.1, 0.15) is 5.60 Å². The zero-order valence-corrected chi connectivity index (χ0v) is 17.2. The number of allylic oxidation sites excluding steroid dienone is 2. The van der Waals surface area contributed by atoms with Gasteiger partial charge in [-0.2, -0.15) is 4.99 Å². The van der Waals surface area contributed by atoms with Gasteiger partial charge >= 0.3 is 6.09 Å². The smallest absolute Gasteiger partial charge is 0.434 e. The highest BCUT2D eigenvalue weighted by atomic mass is 16.6. The quantitative estimate of drug-likeness (QED) is 0.583. The number of hydrogen-bond donors (Lipinski definition) is 0. The number of carbonyl (C=O) groups excluding carboxylic acids is 1. The number of amides is 1. The first kappa shape index (κ1) is 22.6. The van der Waals surface area contributed by atoms with E-state index in [1.54, 1.807) is 0 Å². The van der Waals surface area contributed by atoms with Gasteiger partial charge in [0.05, 0.1) is 5.71 Å². The second kappa shape index (κ2) is 9.75. The van der Waals surface area contributed by atoms with Crippen molar-refractivity contribution in [3.63, 3.8) is 0 Å². The van der Waals surface area contributed by atoms with Crippen LogP contribution in [-0.4, -0.2) is 30.2 Å². The molecule has 0 aliphatic rings. The van der Waals surface area contributed by atoms with Gasteiger partial charge in [-0.15, -0.1) is 0 Å². The van der Waals surface area contributed by atoms with Crippen LogP contribution >= 0.6 is 0 Å². The van der Waals surface area contributed by atoms with E-state index in [9.17, 15) is 4.79 Å². The molecule has 138 valence electrons.